The fourth-order valence-electron chi connectivity index (χ4n) is 1.33. The largest absolute Gasteiger partial charge is 0.398 e. The van der Waals surface area contributed by atoms with Gasteiger partial charge in [-0.05, 0) is 31.0 Å². The maximum absolute atomic E-state index is 11.5. The molecule has 0 bridgehead atoms. The van der Waals surface area contributed by atoms with Crippen molar-refractivity contribution in [3.05, 3.63) is 22.7 Å². The lowest BCUT2D eigenvalue weighted by Gasteiger charge is -2.10. The highest BCUT2D eigenvalue weighted by molar-refractivity contribution is 6.33. The predicted octanol–water partition coefficient (Wildman–Crippen LogP) is 2.60. The summed E-state index contributed by atoms with van der Waals surface area (Å²) in [5.74, 6) is -0.192. The lowest BCUT2D eigenvalue weighted by Crippen LogP contribution is -2.19. The number of benzene rings is 1. The van der Waals surface area contributed by atoms with Gasteiger partial charge >= 0.3 is 0 Å². The molecule has 0 aromatic heterocycles. The third kappa shape index (κ3) is 4.24. The second-order valence-corrected chi connectivity index (χ2v) is 4.20. The van der Waals surface area contributed by atoms with E-state index in [0.717, 1.165) is 12.0 Å². The summed E-state index contributed by atoms with van der Waals surface area (Å²) in [6.07, 6.45) is 0.889. The lowest BCUT2D eigenvalue weighted by atomic mass is 10.2. The first-order valence-electron chi connectivity index (χ1n) is 5.47. The molecule has 0 aliphatic heterocycles. The molecular formula is C12H17ClN2O2. The molecule has 1 aromatic carbocycles. The second kappa shape index (κ2) is 6.47. The van der Waals surface area contributed by atoms with E-state index < -0.39 is 0 Å². The van der Waals surface area contributed by atoms with Crippen LogP contribution in [0.3, 0.4) is 0 Å². The summed E-state index contributed by atoms with van der Waals surface area (Å²) >= 11 is 5.89. The number of halogens is 1. The van der Waals surface area contributed by atoms with Crippen molar-refractivity contribution in [1.82, 2.24) is 0 Å². The zero-order chi connectivity index (χ0) is 12.8. The van der Waals surface area contributed by atoms with E-state index in [9.17, 15) is 4.79 Å². The predicted molar refractivity (Wildman–Crippen MR) is 70.3 cm³/mol. The van der Waals surface area contributed by atoms with Crippen molar-refractivity contribution in [3.8, 4) is 0 Å². The van der Waals surface area contributed by atoms with Crippen LogP contribution < -0.4 is 11.1 Å². The van der Waals surface area contributed by atoms with Crippen LogP contribution in [0, 0.1) is 6.92 Å². The lowest BCUT2D eigenvalue weighted by molar-refractivity contribution is -0.120. The van der Waals surface area contributed by atoms with Gasteiger partial charge in [-0.1, -0.05) is 18.5 Å². The average molecular weight is 257 g/mol. The Morgan fingerprint density at radius 2 is 2.24 bits per heavy atom. The van der Waals surface area contributed by atoms with Gasteiger partial charge in [0, 0.05) is 12.3 Å². The molecule has 0 radical (unpaired) electrons. The number of nitrogens with two attached hydrogens (primary N) is 1. The number of hydrogen-bond donors (Lipinski definition) is 2. The van der Waals surface area contributed by atoms with Crippen molar-refractivity contribution in [1.29, 1.82) is 0 Å². The van der Waals surface area contributed by atoms with E-state index in [0.29, 0.717) is 23.0 Å². The molecule has 94 valence electrons. The minimum Gasteiger partial charge on any atom is -0.398 e. The first-order valence-corrected chi connectivity index (χ1v) is 5.85. The van der Waals surface area contributed by atoms with Gasteiger partial charge in [0.25, 0.3) is 0 Å². The summed E-state index contributed by atoms with van der Waals surface area (Å²) in [4.78, 5) is 11.5. The Kier molecular flexibility index (Phi) is 5.25. The van der Waals surface area contributed by atoms with Crippen LogP contribution in [0.5, 0.6) is 0 Å². The Balaban J connectivity index is 2.62. The molecule has 0 saturated heterocycles. The Morgan fingerprint density at radius 3 is 2.88 bits per heavy atom. The second-order valence-electron chi connectivity index (χ2n) is 3.79. The highest BCUT2D eigenvalue weighted by atomic mass is 35.5. The molecule has 1 aromatic rings. The molecule has 0 fully saturated rings. The smallest absolute Gasteiger partial charge is 0.250 e. The van der Waals surface area contributed by atoms with Crippen molar-refractivity contribution in [2.45, 2.75) is 20.3 Å². The average Bonchev–Trinajstić information content (AvgIpc) is 2.26. The summed E-state index contributed by atoms with van der Waals surface area (Å²) in [6.45, 7) is 4.47. The van der Waals surface area contributed by atoms with Gasteiger partial charge in [0.05, 0.1) is 10.7 Å². The van der Waals surface area contributed by atoms with Crippen LogP contribution in [0.1, 0.15) is 18.9 Å². The summed E-state index contributed by atoms with van der Waals surface area (Å²) in [6, 6.07) is 3.37. The van der Waals surface area contributed by atoms with E-state index in [2.05, 4.69) is 5.32 Å². The first-order chi connectivity index (χ1) is 8.04. The van der Waals surface area contributed by atoms with Crippen molar-refractivity contribution >= 4 is 28.9 Å². The molecule has 5 heteroatoms. The van der Waals surface area contributed by atoms with Crippen molar-refractivity contribution in [2.24, 2.45) is 0 Å². The highest BCUT2D eigenvalue weighted by Crippen LogP contribution is 2.26. The third-order valence-corrected chi connectivity index (χ3v) is 2.53. The van der Waals surface area contributed by atoms with Crippen molar-refractivity contribution in [3.63, 3.8) is 0 Å². The van der Waals surface area contributed by atoms with Gasteiger partial charge in [0.1, 0.15) is 6.61 Å². The number of nitrogens with one attached hydrogen (secondary N) is 1. The molecule has 0 aliphatic carbocycles. The summed E-state index contributed by atoms with van der Waals surface area (Å²) in [7, 11) is 0. The number of anilines is 2. The number of rotatable bonds is 5. The summed E-state index contributed by atoms with van der Waals surface area (Å²) in [5, 5.41) is 3.16. The number of nitrogen functional groups attached to an aromatic ring is 1. The zero-order valence-corrected chi connectivity index (χ0v) is 10.8. The molecule has 3 N–H and O–H groups in total. The van der Waals surface area contributed by atoms with Gasteiger partial charge in [0.2, 0.25) is 5.91 Å². The van der Waals surface area contributed by atoms with Crippen LogP contribution in [0.4, 0.5) is 11.4 Å². The zero-order valence-electron chi connectivity index (χ0n) is 10.0. The molecular weight excluding hydrogens is 240 g/mol. The van der Waals surface area contributed by atoms with Gasteiger partial charge < -0.3 is 15.8 Å². The molecule has 0 atom stereocenters. The first kappa shape index (κ1) is 13.8. The topological polar surface area (TPSA) is 64.3 Å². The van der Waals surface area contributed by atoms with Crippen LogP contribution in [0.2, 0.25) is 5.02 Å². The Hall–Kier alpha value is -1.26. The van der Waals surface area contributed by atoms with Crippen LogP contribution in [-0.4, -0.2) is 19.1 Å². The van der Waals surface area contributed by atoms with Gasteiger partial charge in [-0.15, -0.1) is 0 Å². The Bertz CT molecular complexity index is 408. The number of ether oxygens (including phenoxy) is 1. The van der Waals surface area contributed by atoms with Crippen LogP contribution in [0.25, 0.3) is 0 Å². The maximum atomic E-state index is 11.5. The minimum atomic E-state index is -0.192. The summed E-state index contributed by atoms with van der Waals surface area (Å²) < 4.78 is 5.14. The molecule has 0 unspecified atom stereocenters. The number of aryl methyl sites for hydroxylation is 1. The van der Waals surface area contributed by atoms with Gasteiger partial charge in [0.15, 0.2) is 0 Å². The third-order valence-electron chi connectivity index (χ3n) is 2.20. The van der Waals surface area contributed by atoms with Crippen LogP contribution in [-0.2, 0) is 9.53 Å². The van der Waals surface area contributed by atoms with Gasteiger partial charge in [-0.2, -0.15) is 0 Å². The van der Waals surface area contributed by atoms with Gasteiger partial charge in [-0.25, -0.2) is 0 Å². The van der Waals surface area contributed by atoms with Crippen molar-refractivity contribution < 1.29 is 9.53 Å². The molecule has 17 heavy (non-hydrogen) atoms. The molecule has 1 rings (SSSR count). The quantitative estimate of drug-likeness (QED) is 0.629. The van der Waals surface area contributed by atoms with Crippen LogP contribution in [0.15, 0.2) is 12.1 Å². The highest BCUT2D eigenvalue weighted by Gasteiger charge is 2.07. The van der Waals surface area contributed by atoms with Crippen molar-refractivity contribution in [2.75, 3.05) is 24.3 Å². The molecule has 4 nitrogen and oxygen atoms in total. The van der Waals surface area contributed by atoms with E-state index in [1.807, 2.05) is 13.8 Å². The van der Waals surface area contributed by atoms with E-state index in [4.69, 9.17) is 22.1 Å². The Morgan fingerprint density at radius 1 is 1.53 bits per heavy atom. The SMILES string of the molecule is CCCOCC(=O)Nc1cc(Cl)c(N)cc1C. The van der Waals surface area contributed by atoms with E-state index in [1.54, 1.807) is 12.1 Å². The molecule has 0 spiro atoms. The van der Waals surface area contributed by atoms with Crippen LogP contribution >= 0.6 is 11.6 Å². The molecule has 1 amide bonds. The fourth-order valence-corrected chi connectivity index (χ4v) is 1.50. The monoisotopic (exact) mass is 256 g/mol. The van der Waals surface area contributed by atoms with Gasteiger partial charge in [-0.3, -0.25) is 4.79 Å². The maximum Gasteiger partial charge on any atom is 0.250 e. The molecule has 0 saturated carbocycles. The normalized spacial score (nSPS) is 10.3. The van der Waals surface area contributed by atoms with E-state index in [1.165, 1.54) is 0 Å². The number of amides is 1. The number of carbonyl (C=O) groups is 1. The molecule has 0 aliphatic rings. The fraction of sp³-hybridized carbons (Fsp3) is 0.417. The standard InChI is InChI=1S/C12H17ClN2O2/c1-3-4-17-7-12(16)15-11-6-9(13)10(14)5-8(11)2/h5-6H,3-4,7,14H2,1-2H3,(H,15,16). The van der Waals surface area contributed by atoms with E-state index >= 15 is 0 Å². The molecule has 0 heterocycles. The van der Waals surface area contributed by atoms with E-state index in [-0.39, 0.29) is 12.5 Å². The number of carbonyl (C=O) groups excluding carboxylic acids is 1. The minimum absolute atomic E-state index is 0.0509. The Labute approximate surface area is 106 Å². The number of hydrogen-bond acceptors (Lipinski definition) is 3. The summed E-state index contributed by atoms with van der Waals surface area (Å²) in [5.41, 5.74) is 7.69.